The zero-order valence-electron chi connectivity index (χ0n) is 11.1. The fraction of sp³-hybridized carbons (Fsp3) is 0.385. The van der Waals surface area contributed by atoms with E-state index in [0.29, 0.717) is 11.4 Å². The summed E-state index contributed by atoms with van der Waals surface area (Å²) in [6.45, 7) is 1.96. The third-order valence-electron chi connectivity index (χ3n) is 2.48. The highest BCUT2D eigenvalue weighted by Gasteiger charge is 2.19. The molecule has 0 unspecified atom stereocenters. The fourth-order valence-corrected chi connectivity index (χ4v) is 1.86. The zero-order valence-corrected chi connectivity index (χ0v) is 12.7. The van der Waals surface area contributed by atoms with Crippen LogP contribution in [0.3, 0.4) is 0 Å². The quantitative estimate of drug-likeness (QED) is 0.614. The maximum atomic E-state index is 12.0. The zero-order chi connectivity index (χ0) is 14.4. The lowest BCUT2D eigenvalue weighted by atomic mass is 10.2. The summed E-state index contributed by atoms with van der Waals surface area (Å²) in [5.41, 5.74) is 0.589. The van der Waals surface area contributed by atoms with Crippen molar-refractivity contribution in [3.05, 3.63) is 22.7 Å². The van der Waals surface area contributed by atoms with Crippen molar-refractivity contribution in [3.63, 3.8) is 0 Å². The number of rotatable bonds is 5. The van der Waals surface area contributed by atoms with E-state index in [-0.39, 0.29) is 18.9 Å². The molecule has 1 amide bonds. The van der Waals surface area contributed by atoms with E-state index < -0.39 is 5.97 Å². The summed E-state index contributed by atoms with van der Waals surface area (Å²) in [6.07, 6.45) is -0.292. The lowest BCUT2D eigenvalue weighted by Gasteiger charge is -2.20. The topological polar surface area (TPSA) is 55.8 Å². The summed E-state index contributed by atoms with van der Waals surface area (Å²) < 4.78 is 10.8. The summed E-state index contributed by atoms with van der Waals surface area (Å²) in [5.74, 6) is -0.328. The second-order valence-corrected chi connectivity index (χ2v) is 4.67. The van der Waals surface area contributed by atoms with Gasteiger partial charge in [0.15, 0.2) is 0 Å². The van der Waals surface area contributed by atoms with E-state index in [4.69, 9.17) is 9.47 Å². The van der Waals surface area contributed by atoms with Gasteiger partial charge in [0.2, 0.25) is 5.91 Å². The molecule has 0 heterocycles. The van der Waals surface area contributed by atoms with Crippen molar-refractivity contribution in [2.45, 2.75) is 13.3 Å². The Hall–Kier alpha value is -1.56. The number of ether oxygens (including phenoxy) is 2. The lowest BCUT2D eigenvalue weighted by Crippen LogP contribution is -2.29. The van der Waals surface area contributed by atoms with E-state index >= 15 is 0 Å². The smallest absolute Gasteiger partial charge is 0.315 e. The van der Waals surface area contributed by atoms with Gasteiger partial charge in [0, 0.05) is 11.5 Å². The van der Waals surface area contributed by atoms with Gasteiger partial charge in [-0.1, -0.05) is 15.9 Å². The molecule has 0 radical (unpaired) electrons. The van der Waals surface area contributed by atoms with Crippen LogP contribution in [0.25, 0.3) is 0 Å². The standard InChI is InChI=1S/C13H16BrNO4/c1-4-19-13(17)8-12(16)15(2)10-7-9(14)5-6-11(10)18-3/h5-7H,4,8H2,1-3H3. The highest BCUT2D eigenvalue weighted by atomic mass is 79.9. The first-order chi connectivity index (χ1) is 8.99. The van der Waals surface area contributed by atoms with E-state index in [2.05, 4.69) is 15.9 Å². The second kappa shape index (κ2) is 7.13. The first-order valence-electron chi connectivity index (χ1n) is 5.75. The molecule has 0 aliphatic heterocycles. The van der Waals surface area contributed by atoms with Crippen molar-refractivity contribution in [2.24, 2.45) is 0 Å². The van der Waals surface area contributed by atoms with Crippen molar-refractivity contribution >= 4 is 33.5 Å². The molecule has 1 aromatic carbocycles. The molecule has 0 spiro atoms. The van der Waals surface area contributed by atoms with Gasteiger partial charge < -0.3 is 14.4 Å². The normalized spacial score (nSPS) is 9.89. The molecule has 0 bridgehead atoms. The molecular formula is C13H16BrNO4. The number of carbonyl (C=O) groups excluding carboxylic acids is 2. The van der Waals surface area contributed by atoms with Crippen LogP contribution in [0.15, 0.2) is 22.7 Å². The van der Waals surface area contributed by atoms with Crippen molar-refractivity contribution < 1.29 is 19.1 Å². The van der Waals surface area contributed by atoms with Crippen LogP contribution in [0.2, 0.25) is 0 Å². The van der Waals surface area contributed by atoms with Crippen LogP contribution in [0.4, 0.5) is 5.69 Å². The van der Waals surface area contributed by atoms with Gasteiger partial charge >= 0.3 is 5.97 Å². The lowest BCUT2D eigenvalue weighted by molar-refractivity contribution is -0.145. The summed E-state index contributed by atoms with van der Waals surface area (Å²) in [5, 5.41) is 0. The number of hydrogen-bond donors (Lipinski definition) is 0. The minimum absolute atomic E-state index is 0.260. The maximum absolute atomic E-state index is 12.0. The van der Waals surface area contributed by atoms with Gasteiger partial charge in [-0.05, 0) is 25.1 Å². The largest absolute Gasteiger partial charge is 0.495 e. The highest BCUT2D eigenvalue weighted by molar-refractivity contribution is 9.10. The average molecular weight is 330 g/mol. The van der Waals surface area contributed by atoms with Crippen LogP contribution in [-0.2, 0) is 14.3 Å². The first kappa shape index (κ1) is 15.5. The van der Waals surface area contributed by atoms with E-state index in [9.17, 15) is 9.59 Å². The van der Waals surface area contributed by atoms with Crippen LogP contribution in [0, 0.1) is 0 Å². The average Bonchev–Trinajstić information content (AvgIpc) is 2.37. The number of nitrogens with zero attached hydrogens (tertiary/aromatic N) is 1. The number of hydrogen-bond acceptors (Lipinski definition) is 4. The Morgan fingerprint density at radius 2 is 2.05 bits per heavy atom. The molecule has 0 aliphatic carbocycles. The number of amides is 1. The summed E-state index contributed by atoms with van der Waals surface area (Å²) in [4.78, 5) is 24.6. The van der Waals surface area contributed by atoms with Gasteiger partial charge in [-0.2, -0.15) is 0 Å². The van der Waals surface area contributed by atoms with Gasteiger partial charge in [0.05, 0.1) is 19.4 Å². The van der Waals surface area contributed by atoms with Crippen molar-refractivity contribution in [1.82, 2.24) is 0 Å². The van der Waals surface area contributed by atoms with Crippen LogP contribution < -0.4 is 9.64 Å². The predicted octanol–water partition coefficient (Wildman–Crippen LogP) is 2.37. The minimum Gasteiger partial charge on any atom is -0.495 e. The SMILES string of the molecule is CCOC(=O)CC(=O)N(C)c1cc(Br)ccc1OC. The Kier molecular flexibility index (Phi) is 5.82. The Labute approximate surface area is 120 Å². The van der Waals surface area contributed by atoms with Crippen LogP contribution in [0.5, 0.6) is 5.75 Å². The number of esters is 1. The van der Waals surface area contributed by atoms with E-state index in [1.807, 2.05) is 6.07 Å². The van der Waals surface area contributed by atoms with Gasteiger partial charge in [-0.3, -0.25) is 9.59 Å². The van der Waals surface area contributed by atoms with Gasteiger partial charge in [-0.25, -0.2) is 0 Å². The number of halogens is 1. The molecule has 0 fully saturated rings. The fourth-order valence-electron chi connectivity index (χ4n) is 1.51. The molecule has 0 aromatic heterocycles. The molecule has 19 heavy (non-hydrogen) atoms. The van der Waals surface area contributed by atoms with Gasteiger partial charge in [0.1, 0.15) is 12.2 Å². The third kappa shape index (κ3) is 4.24. The van der Waals surface area contributed by atoms with Crippen molar-refractivity contribution in [3.8, 4) is 5.75 Å². The monoisotopic (exact) mass is 329 g/mol. The summed E-state index contributed by atoms with van der Waals surface area (Å²) in [7, 11) is 3.11. The molecular weight excluding hydrogens is 314 g/mol. The second-order valence-electron chi connectivity index (χ2n) is 3.75. The van der Waals surface area contributed by atoms with Crippen LogP contribution >= 0.6 is 15.9 Å². The molecule has 0 atom stereocenters. The minimum atomic E-state index is -0.534. The van der Waals surface area contributed by atoms with E-state index in [0.717, 1.165) is 4.47 Å². The molecule has 6 heteroatoms. The van der Waals surface area contributed by atoms with E-state index in [1.165, 1.54) is 12.0 Å². The molecule has 0 aliphatic rings. The number of benzene rings is 1. The first-order valence-corrected chi connectivity index (χ1v) is 6.54. The molecule has 0 N–H and O–H groups in total. The molecule has 1 rings (SSSR count). The molecule has 0 saturated carbocycles. The van der Waals surface area contributed by atoms with Crippen molar-refractivity contribution in [2.75, 3.05) is 25.7 Å². The summed E-state index contributed by atoms with van der Waals surface area (Å²) in [6, 6.07) is 5.31. The predicted molar refractivity (Wildman–Crippen MR) is 75.4 cm³/mol. The Morgan fingerprint density at radius 1 is 1.37 bits per heavy atom. The third-order valence-corrected chi connectivity index (χ3v) is 2.97. The number of carbonyl (C=O) groups is 2. The maximum Gasteiger partial charge on any atom is 0.315 e. The highest BCUT2D eigenvalue weighted by Crippen LogP contribution is 2.30. The Morgan fingerprint density at radius 3 is 2.63 bits per heavy atom. The Bertz CT molecular complexity index is 476. The molecule has 1 aromatic rings. The summed E-state index contributed by atoms with van der Waals surface area (Å²) >= 11 is 3.33. The van der Waals surface area contributed by atoms with Crippen LogP contribution in [0.1, 0.15) is 13.3 Å². The van der Waals surface area contributed by atoms with E-state index in [1.54, 1.807) is 26.1 Å². The molecule has 104 valence electrons. The molecule has 0 saturated heterocycles. The van der Waals surface area contributed by atoms with Crippen LogP contribution in [-0.4, -0.2) is 32.6 Å². The van der Waals surface area contributed by atoms with Gasteiger partial charge in [-0.15, -0.1) is 0 Å². The molecule has 5 nitrogen and oxygen atoms in total. The van der Waals surface area contributed by atoms with Crippen molar-refractivity contribution in [1.29, 1.82) is 0 Å². The number of anilines is 1. The van der Waals surface area contributed by atoms with Gasteiger partial charge in [0.25, 0.3) is 0 Å². The number of methoxy groups -OCH3 is 1. The Balaban J connectivity index is 2.87.